The predicted octanol–water partition coefficient (Wildman–Crippen LogP) is 2.82. The highest BCUT2D eigenvalue weighted by atomic mass is 16.2. The Morgan fingerprint density at radius 3 is 2.00 bits per heavy atom. The third kappa shape index (κ3) is 6.80. The molecule has 0 bridgehead atoms. The van der Waals surface area contributed by atoms with E-state index < -0.39 is 0 Å². The largest absolute Gasteiger partial charge is 0.355 e. The maximum atomic E-state index is 11.8. The van der Waals surface area contributed by atoms with Gasteiger partial charge in [0.2, 0.25) is 5.91 Å². The molecule has 0 saturated heterocycles. The van der Waals surface area contributed by atoms with Crippen molar-refractivity contribution >= 4 is 5.91 Å². The highest BCUT2D eigenvalue weighted by Crippen LogP contribution is 2.09. The Morgan fingerprint density at radius 2 is 1.61 bits per heavy atom. The SMILES string of the molecule is C=C(CCNC(=O)CN(C(C)C)C(C)C)C(C)C. The van der Waals surface area contributed by atoms with Gasteiger partial charge in [-0.05, 0) is 40.0 Å². The van der Waals surface area contributed by atoms with Crippen molar-refractivity contribution in [3.05, 3.63) is 12.2 Å². The zero-order valence-electron chi connectivity index (χ0n) is 12.9. The van der Waals surface area contributed by atoms with Gasteiger partial charge in [-0.3, -0.25) is 9.69 Å². The second kappa shape index (κ2) is 8.30. The molecular formula is C15H30N2O. The van der Waals surface area contributed by atoms with Crippen molar-refractivity contribution < 1.29 is 4.79 Å². The average Bonchev–Trinajstić information content (AvgIpc) is 2.24. The van der Waals surface area contributed by atoms with Crippen molar-refractivity contribution in [3.63, 3.8) is 0 Å². The van der Waals surface area contributed by atoms with Gasteiger partial charge in [0.1, 0.15) is 0 Å². The second-order valence-electron chi connectivity index (χ2n) is 5.77. The topological polar surface area (TPSA) is 32.3 Å². The molecule has 0 aliphatic heterocycles. The molecule has 0 aromatic heterocycles. The molecule has 1 amide bonds. The van der Waals surface area contributed by atoms with E-state index in [4.69, 9.17) is 0 Å². The summed E-state index contributed by atoms with van der Waals surface area (Å²) < 4.78 is 0. The van der Waals surface area contributed by atoms with Crippen LogP contribution < -0.4 is 5.32 Å². The number of rotatable bonds is 8. The Balaban J connectivity index is 4.00. The molecule has 0 unspecified atom stereocenters. The smallest absolute Gasteiger partial charge is 0.234 e. The minimum atomic E-state index is 0.106. The fourth-order valence-electron chi connectivity index (χ4n) is 1.83. The summed E-state index contributed by atoms with van der Waals surface area (Å²) >= 11 is 0. The Kier molecular flexibility index (Phi) is 7.92. The van der Waals surface area contributed by atoms with Crippen molar-refractivity contribution in [2.75, 3.05) is 13.1 Å². The lowest BCUT2D eigenvalue weighted by Gasteiger charge is -2.29. The molecule has 0 spiro atoms. The lowest BCUT2D eigenvalue weighted by atomic mass is 10.0. The van der Waals surface area contributed by atoms with Crippen molar-refractivity contribution in [3.8, 4) is 0 Å². The lowest BCUT2D eigenvalue weighted by Crippen LogP contribution is -2.44. The Morgan fingerprint density at radius 1 is 1.11 bits per heavy atom. The molecule has 1 N–H and O–H groups in total. The number of hydrogen-bond donors (Lipinski definition) is 1. The summed E-state index contributed by atoms with van der Waals surface area (Å²) in [6, 6.07) is 0.780. The fraction of sp³-hybridized carbons (Fsp3) is 0.800. The first-order valence-corrected chi connectivity index (χ1v) is 6.95. The standard InChI is InChI=1S/C15H30N2O/c1-11(2)14(7)8-9-16-15(18)10-17(12(3)4)13(5)6/h11-13H,7-10H2,1-6H3,(H,16,18). The summed E-state index contributed by atoms with van der Waals surface area (Å²) in [5, 5.41) is 2.97. The van der Waals surface area contributed by atoms with E-state index in [9.17, 15) is 4.79 Å². The molecular weight excluding hydrogens is 224 g/mol. The molecule has 0 aromatic rings. The van der Waals surface area contributed by atoms with E-state index in [1.54, 1.807) is 0 Å². The minimum absolute atomic E-state index is 0.106. The van der Waals surface area contributed by atoms with Crippen LogP contribution in [0.5, 0.6) is 0 Å². The van der Waals surface area contributed by atoms with Gasteiger partial charge in [0, 0.05) is 18.6 Å². The third-order valence-electron chi connectivity index (χ3n) is 3.24. The molecule has 0 rings (SSSR count). The van der Waals surface area contributed by atoms with Crippen LogP contribution >= 0.6 is 0 Å². The normalized spacial score (nSPS) is 11.7. The van der Waals surface area contributed by atoms with E-state index in [-0.39, 0.29) is 5.91 Å². The first kappa shape index (κ1) is 17.2. The van der Waals surface area contributed by atoms with Crippen molar-refractivity contribution in [2.24, 2.45) is 5.92 Å². The summed E-state index contributed by atoms with van der Waals surface area (Å²) in [5.74, 6) is 0.596. The van der Waals surface area contributed by atoms with Crippen LogP contribution in [0.3, 0.4) is 0 Å². The first-order chi connectivity index (χ1) is 8.25. The molecule has 0 aliphatic rings. The molecule has 106 valence electrons. The zero-order valence-corrected chi connectivity index (χ0v) is 12.9. The highest BCUT2D eigenvalue weighted by molar-refractivity contribution is 5.78. The summed E-state index contributed by atoms with van der Waals surface area (Å²) in [4.78, 5) is 14.0. The highest BCUT2D eigenvalue weighted by Gasteiger charge is 2.16. The minimum Gasteiger partial charge on any atom is -0.355 e. The average molecular weight is 254 g/mol. The maximum absolute atomic E-state index is 11.8. The fourth-order valence-corrected chi connectivity index (χ4v) is 1.83. The van der Waals surface area contributed by atoms with Crippen LogP contribution in [0, 0.1) is 5.92 Å². The van der Waals surface area contributed by atoms with Crippen LogP contribution in [-0.4, -0.2) is 36.0 Å². The molecule has 0 aliphatic carbocycles. The quantitative estimate of drug-likeness (QED) is 0.676. The van der Waals surface area contributed by atoms with E-state index >= 15 is 0 Å². The van der Waals surface area contributed by atoms with Gasteiger partial charge in [-0.25, -0.2) is 0 Å². The molecule has 0 fully saturated rings. The summed E-state index contributed by atoms with van der Waals surface area (Å²) in [7, 11) is 0. The zero-order chi connectivity index (χ0) is 14.3. The molecule has 0 radical (unpaired) electrons. The molecule has 0 aromatic carbocycles. The molecule has 3 nitrogen and oxygen atoms in total. The molecule has 0 heterocycles. The van der Waals surface area contributed by atoms with Gasteiger partial charge in [0.15, 0.2) is 0 Å². The van der Waals surface area contributed by atoms with Crippen LogP contribution in [0.4, 0.5) is 0 Å². The second-order valence-corrected chi connectivity index (χ2v) is 5.77. The summed E-state index contributed by atoms with van der Waals surface area (Å²) in [6.45, 7) is 17.9. The number of nitrogens with zero attached hydrogens (tertiary/aromatic N) is 1. The number of hydrogen-bond acceptors (Lipinski definition) is 2. The van der Waals surface area contributed by atoms with Gasteiger partial charge in [0.05, 0.1) is 6.54 Å². The monoisotopic (exact) mass is 254 g/mol. The van der Waals surface area contributed by atoms with Crippen molar-refractivity contribution in [2.45, 2.75) is 60.0 Å². The van der Waals surface area contributed by atoms with Gasteiger partial charge in [-0.1, -0.05) is 26.0 Å². The van der Waals surface area contributed by atoms with Crippen LogP contribution in [0.25, 0.3) is 0 Å². The Bertz CT molecular complexity index is 262. The van der Waals surface area contributed by atoms with Gasteiger partial charge in [-0.15, -0.1) is 0 Å². The van der Waals surface area contributed by atoms with E-state index in [0.29, 0.717) is 31.1 Å². The maximum Gasteiger partial charge on any atom is 0.234 e. The first-order valence-electron chi connectivity index (χ1n) is 6.95. The van der Waals surface area contributed by atoms with Gasteiger partial charge in [0.25, 0.3) is 0 Å². The number of carbonyl (C=O) groups excluding carboxylic acids is 1. The van der Waals surface area contributed by atoms with E-state index in [0.717, 1.165) is 6.42 Å². The summed E-state index contributed by atoms with van der Waals surface area (Å²) in [6.07, 6.45) is 0.868. The van der Waals surface area contributed by atoms with E-state index in [1.807, 2.05) is 0 Å². The van der Waals surface area contributed by atoms with Crippen LogP contribution in [0.15, 0.2) is 12.2 Å². The van der Waals surface area contributed by atoms with Crippen LogP contribution in [0.1, 0.15) is 48.0 Å². The van der Waals surface area contributed by atoms with Crippen molar-refractivity contribution in [1.29, 1.82) is 0 Å². The Labute approximate surface area is 113 Å². The van der Waals surface area contributed by atoms with E-state index in [1.165, 1.54) is 5.57 Å². The van der Waals surface area contributed by atoms with Crippen LogP contribution in [0.2, 0.25) is 0 Å². The number of nitrogens with one attached hydrogen (secondary N) is 1. The van der Waals surface area contributed by atoms with Gasteiger partial charge in [-0.2, -0.15) is 0 Å². The third-order valence-corrected chi connectivity index (χ3v) is 3.24. The van der Waals surface area contributed by atoms with Crippen LogP contribution in [-0.2, 0) is 4.79 Å². The lowest BCUT2D eigenvalue weighted by molar-refractivity contribution is -0.123. The Hall–Kier alpha value is -0.830. The summed E-state index contributed by atoms with van der Waals surface area (Å²) in [5.41, 5.74) is 1.19. The molecule has 0 saturated carbocycles. The van der Waals surface area contributed by atoms with E-state index in [2.05, 4.69) is 58.3 Å². The molecule has 18 heavy (non-hydrogen) atoms. The number of carbonyl (C=O) groups is 1. The molecule has 0 atom stereocenters. The predicted molar refractivity (Wildman–Crippen MR) is 78.6 cm³/mol. The molecule has 3 heteroatoms. The van der Waals surface area contributed by atoms with Crippen molar-refractivity contribution in [1.82, 2.24) is 10.2 Å². The van der Waals surface area contributed by atoms with Gasteiger partial charge < -0.3 is 5.32 Å². The van der Waals surface area contributed by atoms with Gasteiger partial charge >= 0.3 is 0 Å². The number of amides is 1.